The molecule has 6 N–H and O–H groups in total. The van der Waals surface area contributed by atoms with Crippen LogP contribution in [0, 0.1) is 0 Å². The zero-order valence-corrected chi connectivity index (χ0v) is 32.3. The molecule has 6 unspecified atom stereocenters. The van der Waals surface area contributed by atoms with Gasteiger partial charge in [0.25, 0.3) is 0 Å². The fourth-order valence-corrected chi connectivity index (χ4v) is 3.72. The second-order valence-electron chi connectivity index (χ2n) is 12.3. The van der Waals surface area contributed by atoms with Crippen LogP contribution in [0.5, 0.6) is 0 Å². The highest BCUT2D eigenvalue weighted by molar-refractivity contribution is 5.94. The number of esters is 4. The van der Waals surface area contributed by atoms with E-state index in [1.807, 2.05) is 0 Å². The third kappa shape index (κ3) is 26.4. The van der Waals surface area contributed by atoms with Crippen molar-refractivity contribution < 1.29 is 83.0 Å². The van der Waals surface area contributed by atoms with Gasteiger partial charge in [-0.15, -0.1) is 0 Å². The minimum atomic E-state index is -0.581. The van der Waals surface area contributed by atoms with Crippen LogP contribution in [0.15, 0.2) is 48.5 Å². The number of carbonyl (C=O) groups excluding carboxylic acids is 4. The molecule has 55 heavy (non-hydrogen) atoms. The second kappa shape index (κ2) is 30.2. The molecule has 0 radical (unpaired) electrons. The van der Waals surface area contributed by atoms with Gasteiger partial charge in [-0.3, -0.25) is 0 Å². The Kier molecular flexibility index (Phi) is 28.0. The molecule has 17 heteroatoms. The topological polar surface area (TPSA) is 254 Å². The Morgan fingerprint density at radius 2 is 0.673 bits per heavy atom. The lowest BCUT2D eigenvalue weighted by atomic mass is 10.1. The van der Waals surface area contributed by atoms with Crippen LogP contribution in [-0.4, -0.2) is 157 Å². The molecule has 6 atom stereocenters. The van der Waals surface area contributed by atoms with E-state index in [1.54, 1.807) is 41.5 Å². The third-order valence-corrected chi connectivity index (χ3v) is 6.12. The predicted molar refractivity (Wildman–Crippen MR) is 197 cm³/mol. The van der Waals surface area contributed by atoms with Crippen molar-refractivity contribution in [3.05, 3.63) is 70.8 Å². The first-order valence-electron chi connectivity index (χ1n) is 17.6. The van der Waals surface area contributed by atoms with Crippen LogP contribution in [0.4, 0.5) is 0 Å². The van der Waals surface area contributed by atoms with Crippen molar-refractivity contribution in [1.82, 2.24) is 0 Å². The SMILES string of the molecule is CC(O)COCC(C)O.CC(O)COCC(C)OC(=O)c1ccc(C(=O)OC(C)COCC(C)O)cc1.O=C(OCCO)c1ccc(C(=O)OCCO)cc1. The largest absolute Gasteiger partial charge is 0.460 e. The highest BCUT2D eigenvalue weighted by atomic mass is 16.6. The quantitative estimate of drug-likeness (QED) is 0.0727. The van der Waals surface area contributed by atoms with E-state index in [0.717, 1.165) is 0 Å². The molecule has 0 heterocycles. The number of carbonyl (C=O) groups is 4. The lowest BCUT2D eigenvalue weighted by Crippen LogP contribution is -2.23. The molecule has 312 valence electrons. The van der Waals surface area contributed by atoms with Crippen LogP contribution in [0.1, 0.15) is 83.0 Å². The zero-order chi connectivity index (χ0) is 41.8. The predicted octanol–water partition coefficient (Wildman–Crippen LogP) is 1.32. The van der Waals surface area contributed by atoms with Crippen molar-refractivity contribution in [2.24, 2.45) is 0 Å². The van der Waals surface area contributed by atoms with Gasteiger partial charge in [0.2, 0.25) is 0 Å². The minimum Gasteiger partial charge on any atom is -0.460 e. The first kappa shape index (κ1) is 51.0. The van der Waals surface area contributed by atoms with Crippen molar-refractivity contribution in [3.8, 4) is 0 Å². The van der Waals surface area contributed by atoms with Crippen molar-refractivity contribution >= 4 is 23.9 Å². The summed E-state index contributed by atoms with van der Waals surface area (Å²) in [4.78, 5) is 47.0. The molecule has 0 aromatic heterocycles. The van der Waals surface area contributed by atoms with Gasteiger partial charge in [-0.2, -0.15) is 0 Å². The Morgan fingerprint density at radius 3 is 0.909 bits per heavy atom. The molecule has 0 saturated heterocycles. The Bertz CT molecular complexity index is 1230. The summed E-state index contributed by atoms with van der Waals surface area (Å²) in [6.45, 7) is 10.5. The van der Waals surface area contributed by atoms with Crippen LogP contribution in [0.25, 0.3) is 0 Å². The van der Waals surface area contributed by atoms with Gasteiger partial charge >= 0.3 is 23.9 Å². The molecule has 0 fully saturated rings. The summed E-state index contributed by atoms with van der Waals surface area (Å²) in [6, 6.07) is 11.6. The van der Waals surface area contributed by atoms with Crippen LogP contribution in [0.2, 0.25) is 0 Å². The van der Waals surface area contributed by atoms with Crippen molar-refractivity contribution in [2.75, 3.05) is 66.1 Å². The third-order valence-electron chi connectivity index (χ3n) is 6.12. The maximum Gasteiger partial charge on any atom is 0.338 e. The van der Waals surface area contributed by atoms with Gasteiger partial charge in [0.1, 0.15) is 25.4 Å². The standard InChI is InChI=1S/C20H30O8.C12H14O6.C6H14O3/c1-13(21)9-25-11-15(3)27-19(23)17-5-7-18(8-6-17)20(24)28-16(4)12-26-10-14(2)22;13-5-7-17-11(15)9-1-2-10(4-3-9)12(16)18-8-6-14;1-5(7)3-9-4-6(2)8/h5-8,13-16,21-22H,9-12H2,1-4H3;1-4,13-14H,5-8H2;5-8H,3-4H2,1-2H3. The molecule has 0 bridgehead atoms. The Morgan fingerprint density at radius 1 is 0.436 bits per heavy atom. The van der Waals surface area contributed by atoms with Crippen LogP contribution in [0.3, 0.4) is 0 Å². The van der Waals surface area contributed by atoms with E-state index in [4.69, 9.17) is 63.8 Å². The van der Waals surface area contributed by atoms with E-state index in [9.17, 15) is 19.2 Å². The molecule has 0 aliphatic carbocycles. The molecular weight excluding hydrogens is 728 g/mol. The van der Waals surface area contributed by atoms with Gasteiger partial charge in [0, 0.05) is 0 Å². The first-order chi connectivity index (χ1) is 26.0. The number of aliphatic hydroxyl groups is 6. The minimum absolute atomic E-state index is 0.0703. The Hall–Kier alpha value is -4.04. The molecule has 0 aliphatic rings. The molecular formula is C38H58O17. The van der Waals surface area contributed by atoms with Crippen LogP contribution in [-0.2, 0) is 33.2 Å². The number of benzene rings is 2. The van der Waals surface area contributed by atoms with Crippen molar-refractivity contribution in [2.45, 2.75) is 78.2 Å². The van der Waals surface area contributed by atoms with Gasteiger partial charge in [0.15, 0.2) is 0 Å². The summed E-state index contributed by atoms with van der Waals surface area (Å²) in [5, 5.41) is 52.6. The summed E-state index contributed by atoms with van der Waals surface area (Å²) in [5.74, 6) is -2.21. The van der Waals surface area contributed by atoms with E-state index in [2.05, 4.69) is 0 Å². The lowest BCUT2D eigenvalue weighted by molar-refractivity contribution is -0.0169. The molecule has 2 rings (SSSR count). The number of rotatable bonds is 22. The summed E-state index contributed by atoms with van der Waals surface area (Å²) in [7, 11) is 0. The van der Waals surface area contributed by atoms with E-state index in [0.29, 0.717) is 24.3 Å². The molecule has 2 aromatic rings. The van der Waals surface area contributed by atoms with Crippen molar-refractivity contribution in [1.29, 1.82) is 0 Å². The van der Waals surface area contributed by atoms with Gasteiger partial charge in [-0.05, 0) is 90.1 Å². The van der Waals surface area contributed by atoms with E-state index in [-0.39, 0.29) is 64.0 Å². The summed E-state index contributed by atoms with van der Waals surface area (Å²) in [6.07, 6.45) is -2.99. The lowest BCUT2D eigenvalue weighted by Gasteiger charge is -2.15. The average Bonchev–Trinajstić information content (AvgIpc) is 3.12. The highest BCUT2D eigenvalue weighted by Gasteiger charge is 2.16. The molecule has 0 spiro atoms. The average molecular weight is 787 g/mol. The second-order valence-corrected chi connectivity index (χ2v) is 12.3. The van der Waals surface area contributed by atoms with E-state index in [1.165, 1.54) is 48.5 Å². The first-order valence-corrected chi connectivity index (χ1v) is 17.6. The molecule has 0 saturated carbocycles. The maximum atomic E-state index is 12.1. The van der Waals surface area contributed by atoms with E-state index < -0.39 is 60.5 Å². The number of aliphatic hydroxyl groups excluding tert-OH is 6. The summed E-state index contributed by atoms with van der Waals surface area (Å²) < 4.78 is 35.2. The van der Waals surface area contributed by atoms with Gasteiger partial charge in [0.05, 0.1) is 99.5 Å². The van der Waals surface area contributed by atoms with Crippen LogP contribution >= 0.6 is 0 Å². The molecule has 17 nitrogen and oxygen atoms in total. The number of hydrogen-bond donors (Lipinski definition) is 6. The van der Waals surface area contributed by atoms with Gasteiger partial charge in [-0.1, -0.05) is 0 Å². The molecule has 2 aromatic carbocycles. The summed E-state index contributed by atoms with van der Waals surface area (Å²) in [5.41, 5.74) is 1.16. The fourth-order valence-electron chi connectivity index (χ4n) is 3.72. The Labute approximate surface area is 321 Å². The fraction of sp³-hybridized carbons (Fsp3) is 0.579. The van der Waals surface area contributed by atoms with Gasteiger partial charge in [-0.25, -0.2) is 19.2 Å². The van der Waals surface area contributed by atoms with Gasteiger partial charge < -0.3 is 63.8 Å². The summed E-state index contributed by atoms with van der Waals surface area (Å²) >= 11 is 0. The number of hydrogen-bond acceptors (Lipinski definition) is 17. The maximum absolute atomic E-state index is 12.1. The van der Waals surface area contributed by atoms with Crippen LogP contribution < -0.4 is 0 Å². The molecule has 0 aliphatic heterocycles. The van der Waals surface area contributed by atoms with E-state index >= 15 is 0 Å². The normalized spacial score (nSPS) is 13.9. The number of ether oxygens (including phenoxy) is 7. The molecule has 0 amide bonds. The van der Waals surface area contributed by atoms with Crippen molar-refractivity contribution in [3.63, 3.8) is 0 Å². The zero-order valence-electron chi connectivity index (χ0n) is 32.3. The monoisotopic (exact) mass is 786 g/mol. The highest BCUT2D eigenvalue weighted by Crippen LogP contribution is 2.11. The smallest absolute Gasteiger partial charge is 0.338 e. The Balaban J connectivity index is 0.000000917.